The second kappa shape index (κ2) is 7.21. The number of hydrogen-bond acceptors (Lipinski definition) is 3. The van der Waals surface area contributed by atoms with Gasteiger partial charge in [0.2, 0.25) is 0 Å². The first-order chi connectivity index (χ1) is 11.6. The van der Waals surface area contributed by atoms with Crippen molar-refractivity contribution >= 4 is 11.8 Å². The van der Waals surface area contributed by atoms with Gasteiger partial charge in [0.1, 0.15) is 5.82 Å². The summed E-state index contributed by atoms with van der Waals surface area (Å²) in [5, 5.41) is 2.94. The molecule has 1 fully saturated rings. The molecule has 2 amide bonds. The smallest absolute Gasteiger partial charge is 0.255 e. The Morgan fingerprint density at radius 2 is 1.79 bits per heavy atom. The highest BCUT2D eigenvalue weighted by Gasteiger charge is 2.24. The van der Waals surface area contributed by atoms with Gasteiger partial charge in [0.25, 0.3) is 11.8 Å². The molecule has 1 N–H and O–H groups in total. The molecule has 1 aromatic heterocycles. The van der Waals surface area contributed by atoms with Crippen molar-refractivity contribution in [3.63, 3.8) is 0 Å². The molecule has 24 heavy (non-hydrogen) atoms. The summed E-state index contributed by atoms with van der Waals surface area (Å²) in [5.74, 6) is -0.618. The van der Waals surface area contributed by atoms with E-state index >= 15 is 0 Å². The fraction of sp³-hybridized carbons (Fsp3) is 0.278. The maximum absolute atomic E-state index is 12.9. The van der Waals surface area contributed by atoms with Crippen molar-refractivity contribution in [1.29, 1.82) is 0 Å². The molecule has 1 saturated heterocycles. The van der Waals surface area contributed by atoms with Gasteiger partial charge in [-0.25, -0.2) is 4.39 Å². The van der Waals surface area contributed by atoms with Crippen LogP contribution in [0.4, 0.5) is 4.39 Å². The summed E-state index contributed by atoms with van der Waals surface area (Å²) in [6.45, 7) is 1.17. The fourth-order valence-corrected chi connectivity index (χ4v) is 2.77. The predicted molar refractivity (Wildman–Crippen MR) is 87.0 cm³/mol. The molecule has 1 aromatic carbocycles. The van der Waals surface area contributed by atoms with Crippen molar-refractivity contribution < 1.29 is 14.0 Å². The summed E-state index contributed by atoms with van der Waals surface area (Å²) in [6, 6.07) is 8.96. The highest BCUT2D eigenvalue weighted by atomic mass is 19.1. The van der Waals surface area contributed by atoms with Gasteiger partial charge in [-0.15, -0.1) is 0 Å². The Bertz CT molecular complexity index is 711. The number of rotatable bonds is 3. The number of piperidine rings is 1. The Morgan fingerprint density at radius 3 is 2.42 bits per heavy atom. The summed E-state index contributed by atoms with van der Waals surface area (Å²) in [6.07, 6.45) is 4.58. The van der Waals surface area contributed by atoms with Crippen LogP contribution < -0.4 is 5.32 Å². The second-order valence-corrected chi connectivity index (χ2v) is 5.79. The summed E-state index contributed by atoms with van der Waals surface area (Å²) < 4.78 is 12.9. The van der Waals surface area contributed by atoms with Gasteiger partial charge in [0.05, 0.1) is 5.56 Å². The molecule has 0 spiro atoms. The van der Waals surface area contributed by atoms with Crippen LogP contribution in [-0.4, -0.2) is 40.8 Å². The average Bonchev–Trinajstić information content (AvgIpc) is 2.63. The molecule has 6 heteroatoms. The zero-order valence-electron chi connectivity index (χ0n) is 13.1. The molecular formula is C18H18FN3O2. The largest absolute Gasteiger partial charge is 0.349 e. The van der Waals surface area contributed by atoms with Gasteiger partial charge >= 0.3 is 0 Å². The summed E-state index contributed by atoms with van der Waals surface area (Å²) in [4.78, 5) is 30.2. The standard InChI is InChI=1S/C18H18FN3O2/c19-15-5-3-13(4-6-15)17(23)21-16-7-10-22(11-8-16)18(24)14-2-1-9-20-12-14/h1-6,9,12,16H,7-8,10-11H2,(H,21,23). The number of amides is 2. The Morgan fingerprint density at radius 1 is 1.08 bits per heavy atom. The van der Waals surface area contributed by atoms with Crippen molar-refractivity contribution in [1.82, 2.24) is 15.2 Å². The number of carbonyl (C=O) groups is 2. The van der Waals surface area contributed by atoms with Crippen LogP contribution in [0.1, 0.15) is 33.6 Å². The molecule has 2 aromatic rings. The lowest BCUT2D eigenvalue weighted by Gasteiger charge is -2.32. The predicted octanol–water partition coefficient (Wildman–Crippen LogP) is 2.26. The Labute approximate surface area is 139 Å². The normalized spacial score (nSPS) is 15.1. The maximum Gasteiger partial charge on any atom is 0.255 e. The SMILES string of the molecule is O=C(NC1CCN(C(=O)c2cccnc2)CC1)c1ccc(F)cc1. The number of aromatic nitrogens is 1. The first-order valence-corrected chi connectivity index (χ1v) is 7.89. The van der Waals surface area contributed by atoms with Crippen LogP contribution >= 0.6 is 0 Å². The molecule has 5 nitrogen and oxygen atoms in total. The number of nitrogens with zero attached hydrogens (tertiary/aromatic N) is 2. The highest BCUT2D eigenvalue weighted by Crippen LogP contribution is 2.14. The molecular weight excluding hydrogens is 309 g/mol. The number of hydrogen-bond donors (Lipinski definition) is 1. The zero-order valence-corrected chi connectivity index (χ0v) is 13.1. The molecule has 0 atom stereocenters. The minimum atomic E-state index is -0.367. The lowest BCUT2D eigenvalue weighted by atomic mass is 10.0. The molecule has 0 unspecified atom stereocenters. The number of pyridine rings is 1. The highest BCUT2D eigenvalue weighted by molar-refractivity contribution is 5.95. The summed E-state index contributed by atoms with van der Waals surface area (Å²) >= 11 is 0. The zero-order chi connectivity index (χ0) is 16.9. The molecule has 1 aliphatic rings. The fourth-order valence-electron chi connectivity index (χ4n) is 2.77. The van der Waals surface area contributed by atoms with E-state index in [9.17, 15) is 14.0 Å². The third kappa shape index (κ3) is 3.76. The van der Waals surface area contributed by atoms with Crippen molar-refractivity contribution in [2.75, 3.05) is 13.1 Å². The van der Waals surface area contributed by atoms with E-state index in [1.165, 1.54) is 24.3 Å². The molecule has 1 aliphatic heterocycles. The average molecular weight is 327 g/mol. The number of carbonyl (C=O) groups excluding carboxylic acids is 2. The molecule has 0 radical (unpaired) electrons. The minimum Gasteiger partial charge on any atom is -0.349 e. The lowest BCUT2D eigenvalue weighted by Crippen LogP contribution is -2.46. The third-order valence-corrected chi connectivity index (χ3v) is 4.13. The van der Waals surface area contributed by atoms with Crippen LogP contribution in [0, 0.1) is 5.82 Å². The van der Waals surface area contributed by atoms with Gasteiger partial charge in [-0.2, -0.15) is 0 Å². The molecule has 0 bridgehead atoms. The van der Waals surface area contributed by atoms with E-state index in [0.717, 1.165) is 0 Å². The van der Waals surface area contributed by atoms with E-state index in [0.29, 0.717) is 37.1 Å². The van der Waals surface area contributed by atoms with Crippen LogP contribution in [0.15, 0.2) is 48.8 Å². The number of benzene rings is 1. The van der Waals surface area contributed by atoms with Crippen molar-refractivity contribution in [3.05, 3.63) is 65.7 Å². The summed E-state index contributed by atoms with van der Waals surface area (Å²) in [7, 11) is 0. The topological polar surface area (TPSA) is 62.3 Å². The van der Waals surface area contributed by atoms with Crippen LogP contribution in [0.25, 0.3) is 0 Å². The van der Waals surface area contributed by atoms with Crippen LogP contribution in [0.2, 0.25) is 0 Å². The first-order valence-electron chi connectivity index (χ1n) is 7.89. The quantitative estimate of drug-likeness (QED) is 0.940. The van der Waals surface area contributed by atoms with Gasteiger partial charge in [-0.1, -0.05) is 0 Å². The third-order valence-electron chi connectivity index (χ3n) is 4.13. The minimum absolute atomic E-state index is 0.0144. The van der Waals surface area contributed by atoms with E-state index in [4.69, 9.17) is 0 Å². The van der Waals surface area contributed by atoms with E-state index < -0.39 is 0 Å². The van der Waals surface area contributed by atoms with Gasteiger partial charge in [-0.05, 0) is 49.2 Å². The number of nitrogens with one attached hydrogen (secondary N) is 1. The molecule has 3 rings (SSSR count). The molecule has 124 valence electrons. The lowest BCUT2D eigenvalue weighted by molar-refractivity contribution is 0.0697. The van der Waals surface area contributed by atoms with Gasteiger partial charge in [-0.3, -0.25) is 14.6 Å². The van der Waals surface area contributed by atoms with Crippen LogP contribution in [0.5, 0.6) is 0 Å². The van der Waals surface area contributed by atoms with Crippen molar-refractivity contribution in [3.8, 4) is 0 Å². The second-order valence-electron chi connectivity index (χ2n) is 5.79. The van der Waals surface area contributed by atoms with Crippen molar-refractivity contribution in [2.24, 2.45) is 0 Å². The number of likely N-dealkylation sites (tertiary alicyclic amines) is 1. The van der Waals surface area contributed by atoms with E-state index in [-0.39, 0.29) is 23.7 Å². The Kier molecular flexibility index (Phi) is 4.84. The monoisotopic (exact) mass is 327 g/mol. The van der Waals surface area contributed by atoms with Crippen LogP contribution in [0.3, 0.4) is 0 Å². The maximum atomic E-state index is 12.9. The molecule has 2 heterocycles. The number of halogens is 1. The molecule has 0 aliphatic carbocycles. The summed E-state index contributed by atoms with van der Waals surface area (Å²) in [5.41, 5.74) is 1.01. The van der Waals surface area contributed by atoms with E-state index in [2.05, 4.69) is 10.3 Å². The van der Waals surface area contributed by atoms with Gasteiger partial charge in [0, 0.05) is 37.1 Å². The van der Waals surface area contributed by atoms with Gasteiger partial charge in [0.15, 0.2) is 0 Å². The van der Waals surface area contributed by atoms with E-state index in [1.807, 2.05) is 0 Å². The molecule has 0 saturated carbocycles. The Balaban J connectivity index is 1.53. The Hall–Kier alpha value is -2.76. The van der Waals surface area contributed by atoms with Gasteiger partial charge < -0.3 is 10.2 Å². The van der Waals surface area contributed by atoms with Crippen molar-refractivity contribution in [2.45, 2.75) is 18.9 Å². The van der Waals surface area contributed by atoms with Crippen LogP contribution in [-0.2, 0) is 0 Å². The van der Waals surface area contributed by atoms with E-state index in [1.54, 1.807) is 29.4 Å². The first kappa shape index (κ1) is 16.1.